The number of ether oxygens (including phenoxy) is 2. The summed E-state index contributed by atoms with van der Waals surface area (Å²) in [4.78, 5) is 0. The molecule has 0 saturated heterocycles. The largest absolute Gasteiger partial charge is 0.394 e. The molecule has 0 aliphatic heterocycles. The molecular weight excluding hydrogens is 236 g/mol. The standard InChI is InChI=1S/C12H28O4Si/c1-5-13-9-11-17(15-7-3,16-8-4)12-10-14-6-2/h5-12H2,1-4H3. The number of rotatable bonds is 12. The molecule has 4 nitrogen and oxygen atoms in total. The Bertz CT molecular complexity index is 149. The molecule has 0 aromatic carbocycles. The van der Waals surface area contributed by atoms with Gasteiger partial charge in [0.2, 0.25) is 0 Å². The van der Waals surface area contributed by atoms with Crippen LogP contribution >= 0.6 is 0 Å². The van der Waals surface area contributed by atoms with E-state index in [9.17, 15) is 0 Å². The van der Waals surface area contributed by atoms with Gasteiger partial charge in [-0.2, -0.15) is 0 Å². The fourth-order valence-corrected chi connectivity index (χ4v) is 4.60. The van der Waals surface area contributed by atoms with E-state index in [2.05, 4.69) is 0 Å². The normalized spacial score (nSPS) is 12.0. The van der Waals surface area contributed by atoms with Crippen molar-refractivity contribution in [3.63, 3.8) is 0 Å². The van der Waals surface area contributed by atoms with Gasteiger partial charge in [-0.1, -0.05) is 0 Å². The first-order valence-electron chi connectivity index (χ1n) is 6.68. The monoisotopic (exact) mass is 264 g/mol. The van der Waals surface area contributed by atoms with E-state index in [1.165, 1.54) is 0 Å². The zero-order valence-electron chi connectivity index (χ0n) is 11.8. The molecule has 0 spiro atoms. The molecular formula is C12H28O4Si. The molecule has 0 amide bonds. The van der Waals surface area contributed by atoms with Crippen LogP contribution in [0.3, 0.4) is 0 Å². The Balaban J connectivity index is 4.25. The highest BCUT2D eigenvalue weighted by atomic mass is 28.4. The van der Waals surface area contributed by atoms with Crippen LogP contribution in [-0.4, -0.2) is 48.2 Å². The second-order valence-corrected chi connectivity index (χ2v) is 7.07. The van der Waals surface area contributed by atoms with Crippen LogP contribution in [-0.2, 0) is 18.3 Å². The third-order valence-electron chi connectivity index (χ3n) is 2.48. The molecule has 0 atom stereocenters. The molecule has 0 unspecified atom stereocenters. The Labute approximate surface area is 107 Å². The molecule has 0 aromatic heterocycles. The summed E-state index contributed by atoms with van der Waals surface area (Å²) < 4.78 is 22.7. The molecule has 0 heterocycles. The van der Waals surface area contributed by atoms with Gasteiger partial charge in [0, 0.05) is 51.7 Å². The van der Waals surface area contributed by atoms with Crippen molar-refractivity contribution in [2.24, 2.45) is 0 Å². The summed E-state index contributed by atoms with van der Waals surface area (Å²) in [5.74, 6) is 0. The van der Waals surface area contributed by atoms with Gasteiger partial charge in [-0.25, -0.2) is 0 Å². The van der Waals surface area contributed by atoms with Crippen molar-refractivity contribution in [1.29, 1.82) is 0 Å². The summed E-state index contributed by atoms with van der Waals surface area (Å²) in [7, 11) is -2.12. The van der Waals surface area contributed by atoms with Crippen LogP contribution in [0, 0.1) is 0 Å². The van der Waals surface area contributed by atoms with Crippen LogP contribution < -0.4 is 0 Å². The topological polar surface area (TPSA) is 36.9 Å². The smallest absolute Gasteiger partial charge is 0.342 e. The summed E-state index contributed by atoms with van der Waals surface area (Å²) >= 11 is 0. The van der Waals surface area contributed by atoms with E-state index < -0.39 is 8.56 Å². The summed E-state index contributed by atoms with van der Waals surface area (Å²) in [5, 5.41) is 0. The van der Waals surface area contributed by atoms with Crippen LogP contribution in [0.25, 0.3) is 0 Å². The minimum Gasteiger partial charge on any atom is -0.394 e. The molecule has 17 heavy (non-hydrogen) atoms. The van der Waals surface area contributed by atoms with E-state index in [4.69, 9.17) is 18.3 Å². The van der Waals surface area contributed by atoms with E-state index in [1.807, 2.05) is 27.7 Å². The molecule has 0 saturated carbocycles. The third kappa shape index (κ3) is 7.89. The van der Waals surface area contributed by atoms with Crippen molar-refractivity contribution in [2.75, 3.05) is 39.6 Å². The zero-order valence-corrected chi connectivity index (χ0v) is 12.8. The maximum Gasteiger partial charge on any atom is 0.342 e. The average Bonchev–Trinajstić information content (AvgIpc) is 2.30. The van der Waals surface area contributed by atoms with Gasteiger partial charge in [0.05, 0.1) is 0 Å². The first-order valence-corrected chi connectivity index (χ1v) is 8.91. The van der Waals surface area contributed by atoms with E-state index in [0.29, 0.717) is 13.2 Å². The van der Waals surface area contributed by atoms with Gasteiger partial charge < -0.3 is 18.3 Å². The van der Waals surface area contributed by atoms with Crippen LogP contribution in [0.2, 0.25) is 12.1 Å². The quantitative estimate of drug-likeness (QED) is 0.401. The molecule has 104 valence electrons. The van der Waals surface area contributed by atoms with Crippen LogP contribution in [0.1, 0.15) is 27.7 Å². The van der Waals surface area contributed by atoms with Gasteiger partial charge in [-0.3, -0.25) is 0 Å². The summed E-state index contributed by atoms with van der Waals surface area (Å²) in [6.07, 6.45) is 0. The highest BCUT2D eigenvalue weighted by Crippen LogP contribution is 2.19. The number of hydrogen-bond acceptors (Lipinski definition) is 4. The maximum absolute atomic E-state index is 5.92. The van der Waals surface area contributed by atoms with E-state index in [0.717, 1.165) is 38.5 Å². The van der Waals surface area contributed by atoms with Crippen molar-refractivity contribution < 1.29 is 18.3 Å². The molecule has 0 aliphatic carbocycles. The van der Waals surface area contributed by atoms with Crippen LogP contribution in [0.15, 0.2) is 0 Å². The van der Waals surface area contributed by atoms with Crippen molar-refractivity contribution in [3.8, 4) is 0 Å². The second kappa shape index (κ2) is 11.2. The van der Waals surface area contributed by atoms with Crippen molar-refractivity contribution in [2.45, 2.75) is 39.8 Å². The molecule has 0 radical (unpaired) electrons. The van der Waals surface area contributed by atoms with E-state index in [1.54, 1.807) is 0 Å². The SMILES string of the molecule is CCOCC[Si](CCOCC)(OCC)OCC. The highest BCUT2D eigenvalue weighted by Gasteiger charge is 2.36. The van der Waals surface area contributed by atoms with Gasteiger partial charge in [0.1, 0.15) is 0 Å². The summed E-state index contributed by atoms with van der Waals surface area (Å²) in [6.45, 7) is 12.4. The highest BCUT2D eigenvalue weighted by molar-refractivity contribution is 6.67. The lowest BCUT2D eigenvalue weighted by Crippen LogP contribution is -2.44. The second-order valence-electron chi connectivity index (χ2n) is 3.67. The van der Waals surface area contributed by atoms with Gasteiger partial charge in [-0.05, 0) is 27.7 Å². The molecule has 5 heteroatoms. The molecule has 0 aromatic rings. The van der Waals surface area contributed by atoms with Gasteiger partial charge in [0.25, 0.3) is 0 Å². The molecule has 0 aliphatic rings. The molecule has 0 bridgehead atoms. The van der Waals surface area contributed by atoms with Gasteiger partial charge in [-0.15, -0.1) is 0 Å². The lowest BCUT2D eigenvalue weighted by Gasteiger charge is -2.29. The fourth-order valence-electron chi connectivity index (χ4n) is 1.73. The van der Waals surface area contributed by atoms with E-state index >= 15 is 0 Å². The Morgan fingerprint density at radius 1 is 0.647 bits per heavy atom. The molecule has 0 N–H and O–H groups in total. The minimum absolute atomic E-state index is 0.699. The summed E-state index contributed by atoms with van der Waals surface area (Å²) in [6, 6.07) is 1.77. The lowest BCUT2D eigenvalue weighted by molar-refractivity contribution is 0.119. The average molecular weight is 264 g/mol. The Hall–Kier alpha value is 0.0569. The predicted octanol–water partition coefficient (Wildman–Crippen LogP) is 2.57. The lowest BCUT2D eigenvalue weighted by atomic mass is 10.8. The minimum atomic E-state index is -2.12. The van der Waals surface area contributed by atoms with Crippen LogP contribution in [0.4, 0.5) is 0 Å². The van der Waals surface area contributed by atoms with Crippen molar-refractivity contribution >= 4 is 8.56 Å². The zero-order chi connectivity index (χ0) is 13.0. The Morgan fingerprint density at radius 3 is 1.35 bits per heavy atom. The third-order valence-corrected chi connectivity index (χ3v) is 6.04. The first-order chi connectivity index (χ1) is 8.24. The van der Waals surface area contributed by atoms with Crippen molar-refractivity contribution in [3.05, 3.63) is 0 Å². The predicted molar refractivity (Wildman–Crippen MR) is 71.6 cm³/mol. The Kier molecular flexibility index (Phi) is 11.2. The fraction of sp³-hybridized carbons (Fsp3) is 1.00. The number of hydrogen-bond donors (Lipinski definition) is 0. The maximum atomic E-state index is 5.92. The molecule has 0 fully saturated rings. The summed E-state index contributed by atoms with van der Waals surface area (Å²) in [5.41, 5.74) is 0. The van der Waals surface area contributed by atoms with Crippen molar-refractivity contribution in [1.82, 2.24) is 0 Å². The van der Waals surface area contributed by atoms with Gasteiger partial charge in [0.15, 0.2) is 0 Å². The van der Waals surface area contributed by atoms with Gasteiger partial charge >= 0.3 is 8.56 Å². The van der Waals surface area contributed by atoms with E-state index in [-0.39, 0.29) is 0 Å². The Morgan fingerprint density at radius 2 is 1.06 bits per heavy atom. The molecule has 0 rings (SSSR count). The van der Waals surface area contributed by atoms with Crippen LogP contribution in [0.5, 0.6) is 0 Å². The first kappa shape index (κ1) is 17.1.